The molecule has 0 heterocycles. The maximum absolute atomic E-state index is 12.2. The molecule has 0 spiro atoms. The molecule has 2 rings (SSSR count). The minimum atomic E-state index is -0.732. The van der Waals surface area contributed by atoms with Crippen molar-refractivity contribution in [2.45, 2.75) is 104 Å². The van der Waals surface area contributed by atoms with Crippen molar-refractivity contribution >= 4 is 24.1 Å². The maximum atomic E-state index is 12.2. The monoisotopic (exact) mass is 566 g/mol. The molecule has 10 heteroatoms. The lowest BCUT2D eigenvalue weighted by molar-refractivity contribution is -0.141. The summed E-state index contributed by atoms with van der Waals surface area (Å²) < 4.78 is 21.2. The molecule has 0 saturated heterocycles. The quantitative estimate of drug-likeness (QED) is 0.165. The zero-order valence-corrected chi connectivity index (χ0v) is 24.8. The lowest BCUT2D eigenvalue weighted by Crippen LogP contribution is -2.43. The van der Waals surface area contributed by atoms with Crippen LogP contribution in [0.3, 0.4) is 0 Å². The van der Waals surface area contributed by atoms with Gasteiger partial charge in [-0.25, -0.2) is 19.2 Å². The van der Waals surface area contributed by atoms with Gasteiger partial charge in [0.25, 0.3) is 0 Å². The van der Waals surface area contributed by atoms with Crippen LogP contribution in [0.5, 0.6) is 0 Å². The van der Waals surface area contributed by atoms with Gasteiger partial charge >= 0.3 is 24.1 Å². The average Bonchev–Trinajstić information content (AvgIpc) is 2.94. The van der Waals surface area contributed by atoms with E-state index in [0.29, 0.717) is 25.0 Å². The lowest BCUT2D eigenvalue weighted by atomic mass is 9.90. The van der Waals surface area contributed by atoms with Gasteiger partial charge in [-0.15, -0.1) is 0 Å². The minimum absolute atomic E-state index is 0.00111. The van der Waals surface area contributed by atoms with Gasteiger partial charge in [-0.2, -0.15) is 0 Å². The summed E-state index contributed by atoms with van der Waals surface area (Å²) in [7, 11) is 0. The highest BCUT2D eigenvalue weighted by Crippen LogP contribution is 2.24. The molecule has 2 N–H and O–H groups in total. The maximum Gasteiger partial charge on any atom is 0.407 e. The third-order valence-electron chi connectivity index (χ3n) is 7.73. The Balaban J connectivity index is 1.67. The number of esters is 2. The Kier molecular flexibility index (Phi) is 15.5. The number of nitrogens with one attached hydrogen (secondary N) is 2. The topological polar surface area (TPSA) is 129 Å². The standard InChI is InChI=1S/C30H50N2O8/c1-21(2)25(31-29(35)39-17-23-11-7-5-8-12-23)19-37-27(33)15-16-28(34)38-20-26(22(3)4)32-30(36)40-18-24-13-9-6-10-14-24/h15-16,21-26H,5-14,17-20H2,1-4H3,(H,31,35)(H,32,36)/b16-15+/t25-,26-/m1/s1. The van der Waals surface area contributed by atoms with Crippen molar-refractivity contribution in [1.82, 2.24) is 10.6 Å². The zero-order chi connectivity index (χ0) is 29.3. The van der Waals surface area contributed by atoms with Gasteiger partial charge in [-0.1, -0.05) is 66.2 Å². The molecule has 40 heavy (non-hydrogen) atoms. The van der Waals surface area contributed by atoms with Gasteiger partial charge in [-0.3, -0.25) is 0 Å². The van der Waals surface area contributed by atoms with Gasteiger partial charge in [0.2, 0.25) is 0 Å². The minimum Gasteiger partial charge on any atom is -0.460 e. The smallest absolute Gasteiger partial charge is 0.407 e. The largest absolute Gasteiger partial charge is 0.460 e. The number of carbonyl (C=O) groups excluding carboxylic acids is 4. The molecule has 0 aromatic carbocycles. The van der Waals surface area contributed by atoms with Crippen LogP contribution in [0.2, 0.25) is 0 Å². The molecule has 228 valence electrons. The third kappa shape index (κ3) is 14.0. The molecule has 2 amide bonds. The first-order valence-electron chi connectivity index (χ1n) is 15.0. The van der Waals surface area contributed by atoms with Crippen LogP contribution in [0, 0.1) is 23.7 Å². The van der Waals surface area contributed by atoms with Crippen molar-refractivity contribution < 1.29 is 38.1 Å². The van der Waals surface area contributed by atoms with Gasteiger partial charge in [0.05, 0.1) is 25.3 Å². The lowest BCUT2D eigenvalue weighted by Gasteiger charge is -2.24. The molecule has 0 aliphatic heterocycles. The number of amides is 2. The van der Waals surface area contributed by atoms with Crippen molar-refractivity contribution in [3.8, 4) is 0 Å². The van der Waals surface area contributed by atoms with E-state index in [1.165, 1.54) is 38.5 Å². The first-order valence-corrected chi connectivity index (χ1v) is 15.0. The zero-order valence-electron chi connectivity index (χ0n) is 24.8. The molecular weight excluding hydrogens is 516 g/mol. The fourth-order valence-electron chi connectivity index (χ4n) is 4.86. The van der Waals surface area contributed by atoms with Crippen molar-refractivity contribution in [2.24, 2.45) is 23.7 Å². The second-order valence-electron chi connectivity index (χ2n) is 11.8. The SMILES string of the molecule is CC(C)[C@@H](COC(=O)/C=C/C(=O)OC[C@@H](NC(=O)OCC1CCCCC1)C(C)C)NC(=O)OCC1CCCCC1. The molecule has 2 aliphatic carbocycles. The van der Waals surface area contributed by atoms with E-state index < -0.39 is 36.2 Å². The van der Waals surface area contributed by atoms with Crippen LogP contribution in [-0.2, 0) is 28.5 Å². The van der Waals surface area contributed by atoms with Gasteiger partial charge in [0, 0.05) is 12.2 Å². The summed E-state index contributed by atoms with van der Waals surface area (Å²) in [6, 6.07) is -0.863. The Morgan fingerprint density at radius 2 is 0.950 bits per heavy atom. The number of hydrogen-bond donors (Lipinski definition) is 2. The molecule has 10 nitrogen and oxygen atoms in total. The molecule has 2 atom stereocenters. The highest BCUT2D eigenvalue weighted by Gasteiger charge is 2.22. The van der Waals surface area contributed by atoms with Crippen LogP contribution in [0.25, 0.3) is 0 Å². The van der Waals surface area contributed by atoms with E-state index >= 15 is 0 Å². The highest BCUT2D eigenvalue weighted by atomic mass is 16.6. The van der Waals surface area contributed by atoms with Crippen molar-refractivity contribution in [1.29, 1.82) is 0 Å². The Morgan fingerprint density at radius 1 is 0.600 bits per heavy atom. The van der Waals surface area contributed by atoms with E-state index in [9.17, 15) is 19.2 Å². The molecule has 2 saturated carbocycles. The van der Waals surface area contributed by atoms with Gasteiger partial charge in [0.1, 0.15) is 13.2 Å². The number of carbonyl (C=O) groups is 4. The molecule has 2 aliphatic rings. The van der Waals surface area contributed by atoms with E-state index in [2.05, 4.69) is 10.6 Å². The first kappa shape index (κ1) is 33.4. The van der Waals surface area contributed by atoms with Crippen LogP contribution in [0.1, 0.15) is 91.9 Å². The van der Waals surface area contributed by atoms with Crippen LogP contribution in [0.4, 0.5) is 9.59 Å². The number of rotatable bonds is 14. The van der Waals surface area contributed by atoms with E-state index in [0.717, 1.165) is 37.8 Å². The third-order valence-corrected chi connectivity index (χ3v) is 7.73. The second-order valence-corrected chi connectivity index (χ2v) is 11.8. The van der Waals surface area contributed by atoms with E-state index in [4.69, 9.17) is 18.9 Å². The molecule has 0 aromatic rings. The second kappa shape index (κ2) is 18.5. The number of alkyl carbamates (subject to hydrolysis) is 2. The fraction of sp³-hybridized carbons (Fsp3) is 0.800. The first-order chi connectivity index (χ1) is 19.1. The van der Waals surface area contributed by atoms with Crippen LogP contribution < -0.4 is 10.6 Å². The molecule has 0 bridgehead atoms. The normalized spacial score (nSPS) is 18.2. The predicted octanol–water partition coefficient (Wildman–Crippen LogP) is 5.29. The summed E-state index contributed by atoms with van der Waals surface area (Å²) in [6.45, 7) is 8.28. The Hall–Kier alpha value is -2.78. The Labute approximate surface area is 239 Å². The van der Waals surface area contributed by atoms with Crippen molar-refractivity contribution in [3.63, 3.8) is 0 Å². The van der Waals surface area contributed by atoms with E-state index in [1.807, 2.05) is 27.7 Å². The molecule has 0 radical (unpaired) electrons. The van der Waals surface area contributed by atoms with Crippen LogP contribution in [0.15, 0.2) is 12.2 Å². The predicted molar refractivity (Wildman–Crippen MR) is 150 cm³/mol. The summed E-state index contributed by atoms with van der Waals surface area (Å²) in [4.78, 5) is 48.8. The highest BCUT2D eigenvalue weighted by molar-refractivity contribution is 5.91. The van der Waals surface area contributed by atoms with Gasteiger partial charge in [-0.05, 0) is 49.4 Å². The van der Waals surface area contributed by atoms with Gasteiger partial charge in [0.15, 0.2) is 0 Å². The average molecular weight is 567 g/mol. The van der Waals surface area contributed by atoms with Crippen molar-refractivity contribution in [3.05, 3.63) is 12.2 Å². The van der Waals surface area contributed by atoms with Crippen LogP contribution >= 0.6 is 0 Å². The Morgan fingerprint density at radius 3 is 1.27 bits per heavy atom. The van der Waals surface area contributed by atoms with Gasteiger partial charge < -0.3 is 29.6 Å². The molecule has 0 aromatic heterocycles. The summed E-state index contributed by atoms with van der Waals surface area (Å²) in [5.41, 5.74) is 0. The summed E-state index contributed by atoms with van der Waals surface area (Å²) >= 11 is 0. The molecule has 2 fully saturated rings. The summed E-state index contributed by atoms with van der Waals surface area (Å²) in [5.74, 6) is -0.648. The number of hydrogen-bond acceptors (Lipinski definition) is 8. The van der Waals surface area contributed by atoms with Crippen molar-refractivity contribution in [2.75, 3.05) is 26.4 Å². The molecule has 0 unspecified atom stereocenters. The van der Waals surface area contributed by atoms with E-state index in [-0.39, 0.29) is 25.0 Å². The number of ether oxygens (including phenoxy) is 4. The molecular formula is C30H50N2O8. The summed E-state index contributed by atoms with van der Waals surface area (Å²) in [5, 5.41) is 5.53. The van der Waals surface area contributed by atoms with Crippen LogP contribution in [-0.4, -0.2) is 62.6 Å². The summed E-state index contributed by atoms with van der Waals surface area (Å²) in [6.07, 6.45) is 12.4. The Bertz CT molecular complexity index is 751. The van der Waals surface area contributed by atoms with E-state index in [1.54, 1.807) is 0 Å². The fourth-order valence-corrected chi connectivity index (χ4v) is 4.86.